The molecule has 0 aromatic carbocycles. The first-order chi connectivity index (χ1) is 10.4. The van der Waals surface area contributed by atoms with Crippen LogP contribution < -0.4 is 0 Å². The van der Waals surface area contributed by atoms with E-state index in [1.165, 1.54) is 5.69 Å². The van der Waals surface area contributed by atoms with Crippen molar-refractivity contribution < 1.29 is 4.79 Å². The van der Waals surface area contributed by atoms with Gasteiger partial charge < -0.3 is 9.47 Å². The van der Waals surface area contributed by atoms with Gasteiger partial charge in [0, 0.05) is 48.8 Å². The number of carbonyl (C=O) groups excluding carboxylic acids is 1. The van der Waals surface area contributed by atoms with Crippen LogP contribution in [0.2, 0.25) is 0 Å². The summed E-state index contributed by atoms with van der Waals surface area (Å²) in [5, 5.41) is 7.06. The summed E-state index contributed by atoms with van der Waals surface area (Å²) in [4.78, 5) is 14.6. The lowest BCUT2D eigenvalue weighted by molar-refractivity contribution is 0.0712. The Kier molecular flexibility index (Phi) is 3.81. The first kappa shape index (κ1) is 14.9. The van der Waals surface area contributed by atoms with E-state index in [0.717, 1.165) is 31.5 Å². The van der Waals surface area contributed by atoms with Crippen LogP contribution in [0, 0.1) is 0 Å². The Morgan fingerprint density at radius 2 is 2.00 bits per heavy atom. The molecule has 0 spiro atoms. The van der Waals surface area contributed by atoms with Crippen LogP contribution in [0.15, 0.2) is 30.7 Å². The predicted molar refractivity (Wildman–Crippen MR) is 85.9 cm³/mol. The molecular weight excluding hydrogens is 276 g/mol. The van der Waals surface area contributed by atoms with E-state index in [1.807, 2.05) is 29.4 Å². The normalized spacial score (nSPS) is 17.0. The Morgan fingerprint density at radius 1 is 1.27 bits per heavy atom. The number of hydrogen-bond donors (Lipinski definition) is 1. The maximum atomic E-state index is 12.6. The smallest absolute Gasteiger partial charge is 0.255 e. The van der Waals surface area contributed by atoms with Crippen LogP contribution >= 0.6 is 0 Å². The lowest BCUT2D eigenvalue weighted by atomic mass is 9.93. The highest BCUT2D eigenvalue weighted by Crippen LogP contribution is 2.27. The largest absolute Gasteiger partial charge is 0.348 e. The van der Waals surface area contributed by atoms with Gasteiger partial charge in [0.05, 0.1) is 5.56 Å². The molecule has 1 N–H and O–H groups in total. The fraction of sp³-hybridized carbons (Fsp3) is 0.529. The third-order valence-corrected chi connectivity index (χ3v) is 4.46. The molecule has 1 aliphatic heterocycles. The number of aromatic amines is 1. The minimum Gasteiger partial charge on any atom is -0.348 e. The van der Waals surface area contributed by atoms with Crippen LogP contribution in [0.1, 0.15) is 55.6 Å². The highest BCUT2D eigenvalue weighted by molar-refractivity contribution is 5.94. The van der Waals surface area contributed by atoms with Crippen LogP contribution in [-0.2, 0) is 5.54 Å². The van der Waals surface area contributed by atoms with Crippen molar-refractivity contribution in [2.75, 3.05) is 13.1 Å². The average molecular weight is 300 g/mol. The van der Waals surface area contributed by atoms with Crippen molar-refractivity contribution >= 4 is 5.91 Å². The van der Waals surface area contributed by atoms with Gasteiger partial charge in [-0.2, -0.15) is 5.10 Å². The van der Waals surface area contributed by atoms with Crippen LogP contribution in [0.5, 0.6) is 0 Å². The van der Waals surface area contributed by atoms with Gasteiger partial charge in [-0.15, -0.1) is 0 Å². The Bertz CT molecular complexity index is 628. The molecule has 0 atom stereocenters. The zero-order valence-electron chi connectivity index (χ0n) is 13.5. The minimum absolute atomic E-state index is 0.00609. The summed E-state index contributed by atoms with van der Waals surface area (Å²) in [6, 6.07) is 3.96. The summed E-state index contributed by atoms with van der Waals surface area (Å²) in [7, 11) is 0. The van der Waals surface area contributed by atoms with Crippen molar-refractivity contribution in [2.24, 2.45) is 0 Å². The predicted octanol–water partition coefficient (Wildman–Crippen LogP) is 2.99. The fourth-order valence-corrected chi connectivity index (χ4v) is 3.01. The highest BCUT2D eigenvalue weighted by atomic mass is 16.2. The Hall–Kier alpha value is -2.04. The van der Waals surface area contributed by atoms with Gasteiger partial charge in [-0.25, -0.2) is 0 Å². The maximum absolute atomic E-state index is 12.6. The second kappa shape index (κ2) is 5.63. The zero-order valence-corrected chi connectivity index (χ0v) is 13.5. The number of H-pyrrole nitrogens is 1. The lowest BCUT2D eigenvalue weighted by Gasteiger charge is -2.31. The van der Waals surface area contributed by atoms with E-state index in [4.69, 9.17) is 0 Å². The van der Waals surface area contributed by atoms with E-state index in [9.17, 15) is 4.79 Å². The molecule has 1 aliphatic rings. The van der Waals surface area contributed by atoms with Gasteiger partial charge in [-0.3, -0.25) is 9.89 Å². The monoisotopic (exact) mass is 300 g/mol. The Labute approximate surface area is 131 Å². The van der Waals surface area contributed by atoms with Crippen LogP contribution in [0.3, 0.4) is 0 Å². The molecular formula is C17H24N4O. The second-order valence-electron chi connectivity index (χ2n) is 7.06. The number of nitrogens with one attached hydrogen (secondary N) is 1. The van der Waals surface area contributed by atoms with Gasteiger partial charge in [-0.05, 0) is 45.7 Å². The van der Waals surface area contributed by atoms with Gasteiger partial charge in [0.15, 0.2) is 0 Å². The molecule has 22 heavy (non-hydrogen) atoms. The molecule has 2 aromatic heterocycles. The van der Waals surface area contributed by atoms with Gasteiger partial charge in [0.2, 0.25) is 0 Å². The molecule has 1 amide bonds. The standard InChI is InChI=1S/C17H24N4O/c1-17(2,3)21-11-7-14(12-21)16(22)20-9-5-13(6-10-20)15-4-8-18-19-15/h4,7-8,11-13H,5-6,9-10H2,1-3H3,(H,18,19). The average Bonchev–Trinajstić information content (AvgIpc) is 3.17. The van der Waals surface area contributed by atoms with E-state index < -0.39 is 0 Å². The number of hydrogen-bond acceptors (Lipinski definition) is 2. The number of amides is 1. The first-order valence-corrected chi connectivity index (χ1v) is 7.92. The molecule has 3 heterocycles. The maximum Gasteiger partial charge on any atom is 0.255 e. The van der Waals surface area contributed by atoms with Crippen LogP contribution in [0.25, 0.3) is 0 Å². The summed E-state index contributed by atoms with van der Waals surface area (Å²) in [5.41, 5.74) is 1.98. The van der Waals surface area contributed by atoms with Crippen LogP contribution in [0.4, 0.5) is 0 Å². The van der Waals surface area contributed by atoms with Crippen molar-refractivity contribution in [2.45, 2.75) is 45.1 Å². The number of likely N-dealkylation sites (tertiary alicyclic amines) is 1. The zero-order chi connectivity index (χ0) is 15.7. The summed E-state index contributed by atoms with van der Waals surface area (Å²) < 4.78 is 2.09. The quantitative estimate of drug-likeness (QED) is 0.927. The number of nitrogens with zero attached hydrogens (tertiary/aromatic N) is 3. The minimum atomic E-state index is 0.00609. The Morgan fingerprint density at radius 3 is 2.55 bits per heavy atom. The number of rotatable bonds is 2. The van der Waals surface area contributed by atoms with Gasteiger partial charge in [0.1, 0.15) is 0 Å². The highest BCUT2D eigenvalue weighted by Gasteiger charge is 2.26. The molecule has 0 aliphatic carbocycles. The Balaban J connectivity index is 1.63. The van der Waals surface area contributed by atoms with Crippen molar-refractivity contribution in [1.29, 1.82) is 0 Å². The molecule has 1 saturated heterocycles. The van der Waals surface area contributed by atoms with E-state index in [-0.39, 0.29) is 11.4 Å². The molecule has 5 nitrogen and oxygen atoms in total. The van der Waals surface area contributed by atoms with Gasteiger partial charge in [0.25, 0.3) is 5.91 Å². The lowest BCUT2D eigenvalue weighted by Crippen LogP contribution is -2.37. The van der Waals surface area contributed by atoms with E-state index in [2.05, 4.69) is 35.5 Å². The first-order valence-electron chi connectivity index (χ1n) is 7.92. The van der Waals surface area contributed by atoms with Crippen molar-refractivity contribution in [3.8, 4) is 0 Å². The topological polar surface area (TPSA) is 53.9 Å². The number of carbonyl (C=O) groups is 1. The summed E-state index contributed by atoms with van der Waals surface area (Å²) in [5.74, 6) is 0.636. The summed E-state index contributed by atoms with van der Waals surface area (Å²) in [6.45, 7) is 8.03. The van der Waals surface area contributed by atoms with Crippen molar-refractivity contribution in [3.05, 3.63) is 42.0 Å². The number of aromatic nitrogens is 3. The molecule has 2 aromatic rings. The van der Waals surface area contributed by atoms with Crippen molar-refractivity contribution in [3.63, 3.8) is 0 Å². The summed E-state index contributed by atoms with van der Waals surface area (Å²) >= 11 is 0. The molecule has 0 saturated carbocycles. The SMILES string of the molecule is CC(C)(C)n1ccc(C(=O)N2CCC(c3ccn[nH]3)CC2)c1. The van der Waals surface area contributed by atoms with Gasteiger partial charge >= 0.3 is 0 Å². The summed E-state index contributed by atoms with van der Waals surface area (Å²) in [6.07, 6.45) is 7.73. The third-order valence-electron chi connectivity index (χ3n) is 4.46. The third kappa shape index (κ3) is 2.93. The van der Waals surface area contributed by atoms with E-state index >= 15 is 0 Å². The molecule has 3 rings (SSSR count). The molecule has 0 bridgehead atoms. The fourth-order valence-electron chi connectivity index (χ4n) is 3.01. The van der Waals surface area contributed by atoms with Crippen molar-refractivity contribution in [1.82, 2.24) is 19.7 Å². The second-order valence-corrected chi connectivity index (χ2v) is 7.06. The molecule has 5 heteroatoms. The molecule has 118 valence electrons. The van der Waals surface area contributed by atoms with Gasteiger partial charge in [-0.1, -0.05) is 0 Å². The number of piperidine rings is 1. The van der Waals surface area contributed by atoms with E-state index in [0.29, 0.717) is 5.92 Å². The van der Waals surface area contributed by atoms with Crippen LogP contribution in [-0.4, -0.2) is 38.7 Å². The molecule has 0 unspecified atom stereocenters. The van der Waals surface area contributed by atoms with E-state index in [1.54, 1.807) is 6.20 Å². The molecule has 1 fully saturated rings. The molecule has 0 radical (unpaired) electrons.